The van der Waals surface area contributed by atoms with Crippen LogP contribution in [0.15, 0.2) is 18.2 Å². The molecule has 4 heteroatoms. The van der Waals surface area contributed by atoms with E-state index >= 15 is 0 Å². The molecule has 0 saturated carbocycles. The summed E-state index contributed by atoms with van der Waals surface area (Å²) in [6.45, 7) is 5.34. The second kappa shape index (κ2) is 5.44. The van der Waals surface area contributed by atoms with E-state index in [2.05, 4.69) is 11.8 Å². The average Bonchev–Trinajstić information content (AvgIpc) is 2.96. The lowest BCUT2D eigenvalue weighted by Gasteiger charge is -2.34. The molecule has 1 fully saturated rings. The van der Waals surface area contributed by atoms with Gasteiger partial charge in [0.1, 0.15) is 0 Å². The number of fused-ring (bicyclic) bond motifs is 1. The van der Waals surface area contributed by atoms with Gasteiger partial charge in [0, 0.05) is 30.4 Å². The molecular weight excluding hydrogens is 250 g/mol. The molecule has 0 aliphatic carbocycles. The highest BCUT2D eigenvalue weighted by atomic mass is 16.2. The van der Waals surface area contributed by atoms with Crippen molar-refractivity contribution in [3.05, 3.63) is 23.8 Å². The van der Waals surface area contributed by atoms with Crippen molar-refractivity contribution in [2.45, 2.75) is 38.6 Å². The van der Waals surface area contributed by atoms with E-state index in [4.69, 9.17) is 5.73 Å². The first-order chi connectivity index (χ1) is 9.65. The van der Waals surface area contributed by atoms with Gasteiger partial charge in [-0.25, -0.2) is 0 Å². The van der Waals surface area contributed by atoms with Crippen molar-refractivity contribution in [2.24, 2.45) is 0 Å². The van der Waals surface area contributed by atoms with Gasteiger partial charge in [0.15, 0.2) is 0 Å². The molecule has 0 bridgehead atoms. The van der Waals surface area contributed by atoms with Crippen molar-refractivity contribution in [3.8, 4) is 0 Å². The lowest BCUT2D eigenvalue weighted by atomic mass is 10.00. The number of nitrogens with two attached hydrogens (primary N) is 1. The quantitative estimate of drug-likeness (QED) is 0.857. The van der Waals surface area contributed by atoms with Crippen molar-refractivity contribution in [1.29, 1.82) is 0 Å². The highest BCUT2D eigenvalue weighted by molar-refractivity contribution is 5.96. The van der Waals surface area contributed by atoms with E-state index < -0.39 is 0 Å². The number of likely N-dealkylation sites (tertiary alicyclic amines) is 1. The Bertz CT molecular complexity index is 508. The summed E-state index contributed by atoms with van der Waals surface area (Å²) in [6.07, 6.45) is 3.98. The summed E-state index contributed by atoms with van der Waals surface area (Å²) in [5, 5.41) is 0. The molecule has 2 heterocycles. The Balaban J connectivity index is 1.80. The summed E-state index contributed by atoms with van der Waals surface area (Å²) in [4.78, 5) is 16.7. The molecule has 2 aliphatic rings. The van der Waals surface area contributed by atoms with Crippen LogP contribution in [-0.2, 0) is 11.2 Å². The van der Waals surface area contributed by atoms with E-state index in [1.54, 1.807) is 0 Å². The summed E-state index contributed by atoms with van der Waals surface area (Å²) in [5.41, 5.74) is 8.90. The minimum atomic E-state index is 0.244. The van der Waals surface area contributed by atoms with Crippen molar-refractivity contribution in [2.75, 3.05) is 30.3 Å². The molecule has 20 heavy (non-hydrogen) atoms. The van der Waals surface area contributed by atoms with Gasteiger partial charge in [0.05, 0.1) is 0 Å². The number of rotatable bonds is 3. The van der Waals surface area contributed by atoms with E-state index in [0.29, 0.717) is 12.5 Å². The fourth-order valence-corrected chi connectivity index (χ4v) is 3.34. The van der Waals surface area contributed by atoms with Gasteiger partial charge in [-0.3, -0.25) is 9.69 Å². The predicted molar refractivity (Wildman–Crippen MR) is 81.8 cm³/mol. The summed E-state index contributed by atoms with van der Waals surface area (Å²) < 4.78 is 0. The first-order valence-corrected chi connectivity index (χ1v) is 7.58. The Morgan fingerprint density at radius 2 is 2.00 bits per heavy atom. The second-order valence-electron chi connectivity index (χ2n) is 5.98. The Morgan fingerprint density at radius 1 is 1.25 bits per heavy atom. The molecule has 0 spiro atoms. The minimum Gasteiger partial charge on any atom is -0.399 e. The predicted octanol–water partition coefficient (Wildman–Crippen LogP) is 2.03. The van der Waals surface area contributed by atoms with Crippen molar-refractivity contribution in [3.63, 3.8) is 0 Å². The summed E-state index contributed by atoms with van der Waals surface area (Å²) in [5.74, 6) is 0.244. The maximum Gasteiger partial charge on any atom is 0.227 e. The fourth-order valence-electron chi connectivity index (χ4n) is 3.34. The Morgan fingerprint density at radius 3 is 2.75 bits per heavy atom. The van der Waals surface area contributed by atoms with Crippen LogP contribution in [0.3, 0.4) is 0 Å². The van der Waals surface area contributed by atoms with Crippen LogP contribution >= 0.6 is 0 Å². The van der Waals surface area contributed by atoms with Crippen LogP contribution in [0, 0.1) is 0 Å². The zero-order valence-corrected chi connectivity index (χ0v) is 12.1. The largest absolute Gasteiger partial charge is 0.399 e. The van der Waals surface area contributed by atoms with Gasteiger partial charge in [0.25, 0.3) is 0 Å². The van der Waals surface area contributed by atoms with E-state index in [9.17, 15) is 4.79 Å². The highest BCUT2D eigenvalue weighted by Gasteiger charge is 2.28. The van der Waals surface area contributed by atoms with Crippen molar-refractivity contribution >= 4 is 17.3 Å². The topological polar surface area (TPSA) is 49.6 Å². The smallest absolute Gasteiger partial charge is 0.227 e. The normalized spacial score (nSPS) is 21.1. The number of carbonyl (C=O) groups excluding carboxylic acids is 1. The molecule has 2 N–H and O–H groups in total. The number of anilines is 2. The lowest BCUT2D eigenvalue weighted by Crippen LogP contribution is -2.45. The fraction of sp³-hybridized carbons (Fsp3) is 0.562. The summed E-state index contributed by atoms with van der Waals surface area (Å²) in [6, 6.07) is 6.32. The van der Waals surface area contributed by atoms with Gasteiger partial charge in [0.2, 0.25) is 5.91 Å². The third-order valence-corrected chi connectivity index (χ3v) is 4.51. The van der Waals surface area contributed by atoms with Crippen LogP contribution < -0.4 is 10.6 Å². The van der Waals surface area contributed by atoms with Gasteiger partial charge >= 0.3 is 0 Å². The molecule has 4 nitrogen and oxygen atoms in total. The Labute approximate surface area is 120 Å². The molecule has 3 rings (SSSR count). The molecule has 1 aromatic carbocycles. The number of nitrogen functional groups attached to an aromatic ring is 1. The number of nitrogens with zero attached hydrogens (tertiary/aromatic N) is 2. The molecule has 1 saturated heterocycles. The molecule has 1 amide bonds. The number of carbonyl (C=O) groups is 1. The van der Waals surface area contributed by atoms with Gasteiger partial charge in [-0.15, -0.1) is 0 Å². The number of aryl methyl sites for hydroxylation is 1. The average molecular weight is 273 g/mol. The number of hydrogen-bond acceptors (Lipinski definition) is 3. The lowest BCUT2D eigenvalue weighted by molar-refractivity contribution is -0.119. The maximum atomic E-state index is 12.3. The van der Waals surface area contributed by atoms with E-state index in [-0.39, 0.29) is 5.91 Å². The minimum absolute atomic E-state index is 0.244. The van der Waals surface area contributed by atoms with Crippen LogP contribution in [0.25, 0.3) is 0 Å². The number of hydrogen-bond donors (Lipinski definition) is 1. The van der Waals surface area contributed by atoms with Gasteiger partial charge < -0.3 is 10.6 Å². The van der Waals surface area contributed by atoms with Crippen LogP contribution in [0.5, 0.6) is 0 Å². The molecule has 0 aromatic heterocycles. The number of benzene rings is 1. The molecule has 0 unspecified atom stereocenters. The molecule has 1 aromatic rings. The molecule has 2 aliphatic heterocycles. The zero-order chi connectivity index (χ0) is 14.1. The SMILES string of the molecule is C[C@H](CN1C(=O)CCc2cc(N)ccc21)N1CCCC1. The summed E-state index contributed by atoms with van der Waals surface area (Å²) >= 11 is 0. The van der Waals surface area contributed by atoms with Crippen LogP contribution in [0.4, 0.5) is 11.4 Å². The first-order valence-electron chi connectivity index (χ1n) is 7.58. The van der Waals surface area contributed by atoms with Crippen LogP contribution in [0.1, 0.15) is 31.7 Å². The molecule has 108 valence electrons. The standard InChI is InChI=1S/C16H23N3O/c1-12(18-8-2-3-9-18)11-19-15-6-5-14(17)10-13(15)4-7-16(19)20/h5-6,10,12H,2-4,7-9,11,17H2,1H3/t12-/m1/s1. The van der Waals surface area contributed by atoms with Gasteiger partial charge in [-0.2, -0.15) is 0 Å². The zero-order valence-electron chi connectivity index (χ0n) is 12.1. The van der Waals surface area contributed by atoms with Crippen LogP contribution in [-0.4, -0.2) is 36.5 Å². The molecule has 0 radical (unpaired) electrons. The van der Waals surface area contributed by atoms with Crippen LogP contribution in [0.2, 0.25) is 0 Å². The third-order valence-electron chi connectivity index (χ3n) is 4.51. The highest BCUT2D eigenvalue weighted by Crippen LogP contribution is 2.30. The van der Waals surface area contributed by atoms with E-state index in [1.807, 2.05) is 23.1 Å². The molecular formula is C16H23N3O. The second-order valence-corrected chi connectivity index (χ2v) is 5.98. The third kappa shape index (κ3) is 2.52. The maximum absolute atomic E-state index is 12.3. The number of amides is 1. The van der Waals surface area contributed by atoms with E-state index in [1.165, 1.54) is 18.4 Å². The van der Waals surface area contributed by atoms with Gasteiger partial charge in [-0.05, 0) is 63.0 Å². The summed E-state index contributed by atoms with van der Waals surface area (Å²) in [7, 11) is 0. The first kappa shape index (κ1) is 13.4. The van der Waals surface area contributed by atoms with Crippen molar-refractivity contribution in [1.82, 2.24) is 4.90 Å². The Hall–Kier alpha value is -1.55. The van der Waals surface area contributed by atoms with Gasteiger partial charge in [-0.1, -0.05) is 0 Å². The Kier molecular flexibility index (Phi) is 3.66. The van der Waals surface area contributed by atoms with E-state index in [0.717, 1.165) is 37.4 Å². The van der Waals surface area contributed by atoms with Crippen molar-refractivity contribution < 1.29 is 4.79 Å². The monoisotopic (exact) mass is 273 g/mol. The molecule has 1 atom stereocenters.